The van der Waals surface area contributed by atoms with E-state index >= 15 is 0 Å². The van der Waals surface area contributed by atoms with E-state index in [1.54, 1.807) is 36.6 Å². The molecular formula is C32H29ClN2O5S. The van der Waals surface area contributed by atoms with Gasteiger partial charge in [0.1, 0.15) is 6.61 Å². The van der Waals surface area contributed by atoms with Gasteiger partial charge in [0.2, 0.25) is 0 Å². The zero-order chi connectivity index (χ0) is 28.9. The maximum absolute atomic E-state index is 13.9. The maximum Gasteiger partial charge on any atom is 0.338 e. The van der Waals surface area contributed by atoms with E-state index in [9.17, 15) is 9.59 Å². The van der Waals surface area contributed by atoms with Gasteiger partial charge in [0.25, 0.3) is 5.56 Å². The number of nitrogens with zero attached hydrogens (tertiary/aromatic N) is 2. The molecule has 0 saturated heterocycles. The average Bonchev–Trinajstić information content (AvgIpc) is 3.27. The molecule has 41 heavy (non-hydrogen) atoms. The monoisotopic (exact) mass is 588 g/mol. The van der Waals surface area contributed by atoms with Crippen LogP contribution in [0.4, 0.5) is 0 Å². The normalized spacial score (nSPS) is 14.8. The third-order valence-electron chi connectivity index (χ3n) is 6.51. The van der Waals surface area contributed by atoms with E-state index in [2.05, 4.69) is 4.99 Å². The zero-order valence-electron chi connectivity index (χ0n) is 22.9. The maximum atomic E-state index is 13.9. The van der Waals surface area contributed by atoms with Crippen molar-refractivity contribution in [3.63, 3.8) is 0 Å². The Labute approximate surface area is 246 Å². The number of hydrogen-bond acceptors (Lipinski definition) is 7. The van der Waals surface area contributed by atoms with Gasteiger partial charge in [-0.25, -0.2) is 9.79 Å². The quantitative estimate of drug-likeness (QED) is 0.244. The first-order valence-corrected chi connectivity index (χ1v) is 14.5. The second-order valence-corrected chi connectivity index (χ2v) is 10.7. The summed E-state index contributed by atoms with van der Waals surface area (Å²) in [6.45, 7) is 6.49. The van der Waals surface area contributed by atoms with E-state index in [4.69, 9.17) is 25.8 Å². The van der Waals surface area contributed by atoms with E-state index in [-0.39, 0.29) is 12.2 Å². The minimum atomic E-state index is -0.697. The van der Waals surface area contributed by atoms with E-state index < -0.39 is 12.0 Å². The summed E-state index contributed by atoms with van der Waals surface area (Å²) < 4.78 is 19.3. The van der Waals surface area contributed by atoms with Gasteiger partial charge in [0.15, 0.2) is 16.3 Å². The molecule has 0 saturated carbocycles. The Morgan fingerprint density at radius 1 is 1.00 bits per heavy atom. The van der Waals surface area contributed by atoms with Gasteiger partial charge < -0.3 is 14.2 Å². The Balaban J connectivity index is 1.56. The van der Waals surface area contributed by atoms with Crippen molar-refractivity contribution in [3.8, 4) is 11.5 Å². The van der Waals surface area contributed by atoms with Crippen LogP contribution in [-0.2, 0) is 16.1 Å². The van der Waals surface area contributed by atoms with Gasteiger partial charge in [0, 0.05) is 5.02 Å². The van der Waals surface area contributed by atoms with Crippen LogP contribution in [0.5, 0.6) is 11.5 Å². The summed E-state index contributed by atoms with van der Waals surface area (Å²) in [6, 6.07) is 21.9. The number of aromatic nitrogens is 1. The molecule has 7 nitrogen and oxygen atoms in total. The van der Waals surface area contributed by atoms with Crippen molar-refractivity contribution in [1.29, 1.82) is 0 Å². The number of thiazole rings is 1. The Hall–Kier alpha value is -4.14. The van der Waals surface area contributed by atoms with Crippen molar-refractivity contribution >= 4 is 35.0 Å². The van der Waals surface area contributed by atoms with Crippen LogP contribution in [0.3, 0.4) is 0 Å². The van der Waals surface area contributed by atoms with E-state index in [1.165, 1.54) is 11.3 Å². The van der Waals surface area contributed by atoms with Gasteiger partial charge >= 0.3 is 5.97 Å². The molecule has 210 valence electrons. The van der Waals surface area contributed by atoms with Crippen LogP contribution in [0.1, 0.15) is 43.5 Å². The molecule has 4 aromatic rings. The fourth-order valence-corrected chi connectivity index (χ4v) is 5.81. The summed E-state index contributed by atoms with van der Waals surface area (Å²) in [6.07, 6.45) is 1.80. The lowest BCUT2D eigenvalue weighted by Crippen LogP contribution is -2.39. The van der Waals surface area contributed by atoms with E-state index in [0.29, 0.717) is 50.3 Å². The summed E-state index contributed by atoms with van der Waals surface area (Å²) >= 11 is 7.40. The zero-order valence-corrected chi connectivity index (χ0v) is 24.5. The van der Waals surface area contributed by atoms with Crippen molar-refractivity contribution in [1.82, 2.24) is 4.57 Å². The smallest absolute Gasteiger partial charge is 0.338 e. The third kappa shape index (κ3) is 6.14. The number of ether oxygens (including phenoxy) is 3. The minimum absolute atomic E-state index is 0.209. The Kier molecular flexibility index (Phi) is 8.71. The number of carbonyl (C=O) groups excluding carboxylic acids is 1. The first-order valence-electron chi connectivity index (χ1n) is 13.3. The molecule has 1 aliphatic rings. The molecule has 0 radical (unpaired) electrons. The molecule has 0 bridgehead atoms. The SMILES string of the molecule is CCOC(=O)C1=C(C)N=c2s/c(=C\c3ccc(OCc4ccccc4)c(OCC)c3)c(=O)n2[C@@H]1c1ccc(Cl)cc1. The summed E-state index contributed by atoms with van der Waals surface area (Å²) in [5.74, 6) is 0.701. The number of rotatable bonds is 9. The van der Waals surface area contributed by atoms with Crippen LogP contribution < -0.4 is 24.4 Å². The molecule has 1 aliphatic heterocycles. The predicted octanol–water partition coefficient (Wildman–Crippen LogP) is 5.43. The number of hydrogen-bond donors (Lipinski definition) is 0. The van der Waals surface area contributed by atoms with E-state index in [0.717, 1.165) is 16.7 Å². The summed E-state index contributed by atoms with van der Waals surface area (Å²) in [7, 11) is 0. The Morgan fingerprint density at radius 3 is 2.46 bits per heavy atom. The number of esters is 1. The molecule has 0 unspecified atom stereocenters. The van der Waals surface area contributed by atoms with Crippen molar-refractivity contribution < 1.29 is 19.0 Å². The van der Waals surface area contributed by atoms with E-state index in [1.807, 2.05) is 67.6 Å². The summed E-state index contributed by atoms with van der Waals surface area (Å²) in [4.78, 5) is 32.0. The molecule has 1 atom stereocenters. The van der Waals surface area contributed by atoms with Crippen molar-refractivity contribution in [2.45, 2.75) is 33.4 Å². The first kappa shape index (κ1) is 28.4. The van der Waals surface area contributed by atoms with Crippen LogP contribution in [-0.4, -0.2) is 23.8 Å². The summed E-state index contributed by atoms with van der Waals surface area (Å²) in [5.41, 5.74) is 3.13. The highest BCUT2D eigenvalue weighted by molar-refractivity contribution is 7.07. The van der Waals surface area contributed by atoms with Gasteiger partial charge in [-0.1, -0.05) is 71.5 Å². The highest BCUT2D eigenvalue weighted by atomic mass is 35.5. The first-order chi connectivity index (χ1) is 19.9. The van der Waals surface area contributed by atoms with Crippen molar-refractivity contribution in [2.75, 3.05) is 13.2 Å². The average molecular weight is 589 g/mol. The molecule has 0 spiro atoms. The number of carbonyl (C=O) groups is 1. The molecular weight excluding hydrogens is 560 g/mol. The van der Waals surface area contributed by atoms with Crippen molar-refractivity contribution in [2.24, 2.45) is 4.99 Å². The predicted molar refractivity (Wildman–Crippen MR) is 160 cm³/mol. The lowest BCUT2D eigenvalue weighted by atomic mass is 9.96. The molecule has 0 amide bonds. The van der Waals surface area contributed by atoms with Gasteiger partial charge in [0.05, 0.1) is 35.1 Å². The lowest BCUT2D eigenvalue weighted by Gasteiger charge is -2.24. The number of allylic oxidation sites excluding steroid dienone is 1. The van der Waals surface area contributed by atoms with Crippen LogP contribution in [0.15, 0.2) is 93.9 Å². The second-order valence-electron chi connectivity index (χ2n) is 9.27. The molecule has 0 N–H and O–H groups in total. The third-order valence-corrected chi connectivity index (χ3v) is 7.74. The minimum Gasteiger partial charge on any atom is -0.490 e. The molecule has 9 heteroatoms. The standard InChI is InChI=1S/C32H29ClN2O5S/c1-4-38-26-17-22(11-16-25(26)40-19-21-9-7-6-8-10-21)18-27-30(36)35-29(23-12-14-24(33)15-13-23)28(31(37)39-5-2)20(3)34-32(35)41-27/h6-18,29H,4-5,19H2,1-3H3/b27-18-/t29-/m1/s1. The van der Waals surface area contributed by atoms with Crippen molar-refractivity contribution in [3.05, 3.63) is 125 Å². The Morgan fingerprint density at radius 2 is 1.76 bits per heavy atom. The molecule has 5 rings (SSSR count). The van der Waals surface area contributed by atoms with Gasteiger partial charge in [-0.05, 0) is 67.8 Å². The number of fused-ring (bicyclic) bond motifs is 1. The highest BCUT2D eigenvalue weighted by Gasteiger charge is 2.33. The van der Waals surface area contributed by atoms with Crippen LogP contribution in [0, 0.1) is 0 Å². The number of halogens is 1. The molecule has 0 aliphatic carbocycles. The number of benzene rings is 3. The van der Waals surface area contributed by atoms with Crippen LogP contribution in [0.2, 0.25) is 5.02 Å². The van der Waals surface area contributed by atoms with Crippen LogP contribution >= 0.6 is 22.9 Å². The highest BCUT2D eigenvalue weighted by Crippen LogP contribution is 2.32. The largest absolute Gasteiger partial charge is 0.490 e. The Bertz CT molecular complexity index is 1780. The van der Waals surface area contributed by atoms with Gasteiger partial charge in [-0.3, -0.25) is 9.36 Å². The molecule has 0 fully saturated rings. The summed E-state index contributed by atoms with van der Waals surface area (Å²) in [5, 5.41) is 0.556. The van der Waals surface area contributed by atoms with Crippen LogP contribution in [0.25, 0.3) is 6.08 Å². The fourth-order valence-electron chi connectivity index (χ4n) is 4.64. The lowest BCUT2D eigenvalue weighted by molar-refractivity contribution is -0.139. The fraction of sp³-hybridized carbons (Fsp3) is 0.219. The molecule has 2 heterocycles. The van der Waals surface area contributed by atoms with Gasteiger partial charge in [-0.2, -0.15) is 0 Å². The topological polar surface area (TPSA) is 79.1 Å². The van der Waals surface area contributed by atoms with Gasteiger partial charge in [-0.15, -0.1) is 0 Å². The molecule has 3 aromatic carbocycles. The molecule has 1 aromatic heterocycles. The second kappa shape index (κ2) is 12.6.